The molecule has 0 spiro atoms. The van der Waals surface area contributed by atoms with Gasteiger partial charge in [0.2, 0.25) is 11.9 Å². The summed E-state index contributed by atoms with van der Waals surface area (Å²) in [6, 6.07) is 17.4. The number of nitrogens with zero attached hydrogens (tertiary/aromatic N) is 3. The highest BCUT2D eigenvalue weighted by Crippen LogP contribution is 2.26. The lowest BCUT2D eigenvalue weighted by Crippen LogP contribution is -2.48. The first-order chi connectivity index (χ1) is 11.1. The molecule has 116 valence electrons. The highest BCUT2D eigenvalue weighted by atomic mass is 15.4. The summed E-state index contributed by atoms with van der Waals surface area (Å²) in [5.74, 6) is 0.411. The maximum atomic E-state index is 6.06. The Labute approximate surface area is 134 Å². The van der Waals surface area contributed by atoms with Gasteiger partial charge in [-0.25, -0.2) is 4.99 Å². The van der Waals surface area contributed by atoms with E-state index < -0.39 is 6.17 Å². The molecule has 0 saturated heterocycles. The molecule has 0 fully saturated rings. The molecule has 1 atom stereocenters. The van der Waals surface area contributed by atoms with Crippen molar-refractivity contribution in [3.05, 3.63) is 66.2 Å². The first kappa shape index (κ1) is 14.6. The lowest BCUT2D eigenvalue weighted by Gasteiger charge is -2.31. The minimum absolute atomic E-state index is 0.149. The van der Waals surface area contributed by atoms with E-state index in [4.69, 9.17) is 17.2 Å². The van der Waals surface area contributed by atoms with Crippen molar-refractivity contribution in [2.24, 2.45) is 21.5 Å². The first-order valence-corrected chi connectivity index (χ1v) is 7.19. The Bertz CT molecular complexity index is 779. The Morgan fingerprint density at radius 3 is 2.35 bits per heavy atom. The second kappa shape index (κ2) is 6.23. The Kier molecular flexibility index (Phi) is 3.97. The molecule has 0 aromatic heterocycles. The maximum Gasteiger partial charge on any atom is 0.220 e. The molecule has 6 nitrogen and oxygen atoms in total. The molecule has 0 bridgehead atoms. The third kappa shape index (κ3) is 3.16. The van der Waals surface area contributed by atoms with E-state index in [1.54, 1.807) is 4.90 Å². The van der Waals surface area contributed by atoms with Gasteiger partial charge in [0.15, 0.2) is 6.17 Å². The summed E-state index contributed by atoms with van der Waals surface area (Å²) in [6.07, 6.45) is 3.47. The fourth-order valence-corrected chi connectivity index (χ4v) is 2.39. The molecule has 23 heavy (non-hydrogen) atoms. The molecule has 3 rings (SSSR count). The molecule has 6 heteroatoms. The zero-order chi connectivity index (χ0) is 16.2. The van der Waals surface area contributed by atoms with Crippen molar-refractivity contribution in [2.75, 3.05) is 10.6 Å². The number of para-hydroxylation sites is 2. The van der Waals surface area contributed by atoms with Gasteiger partial charge < -0.3 is 17.2 Å². The van der Waals surface area contributed by atoms with Crippen LogP contribution in [0.5, 0.6) is 0 Å². The SMILES string of the molecule is NC1=NC(C=Cc2ccccc2)N(c2ccccc2N)C(N)=N1. The van der Waals surface area contributed by atoms with Crippen molar-refractivity contribution in [1.29, 1.82) is 0 Å². The average molecular weight is 306 g/mol. The normalized spacial score (nSPS) is 17.9. The number of guanidine groups is 2. The average Bonchev–Trinajstić information content (AvgIpc) is 2.55. The summed E-state index contributed by atoms with van der Waals surface area (Å²) in [5, 5.41) is 0. The van der Waals surface area contributed by atoms with Gasteiger partial charge >= 0.3 is 0 Å². The van der Waals surface area contributed by atoms with Crippen LogP contribution in [0.4, 0.5) is 11.4 Å². The smallest absolute Gasteiger partial charge is 0.220 e. The van der Waals surface area contributed by atoms with E-state index in [9.17, 15) is 0 Å². The van der Waals surface area contributed by atoms with Gasteiger partial charge in [0.1, 0.15) is 0 Å². The van der Waals surface area contributed by atoms with Gasteiger partial charge in [-0.05, 0) is 23.8 Å². The van der Waals surface area contributed by atoms with E-state index in [0.29, 0.717) is 5.69 Å². The van der Waals surface area contributed by atoms with Crippen molar-refractivity contribution in [3.63, 3.8) is 0 Å². The number of benzene rings is 2. The van der Waals surface area contributed by atoms with Gasteiger partial charge in [0, 0.05) is 0 Å². The molecular weight excluding hydrogens is 288 g/mol. The molecule has 1 aliphatic rings. The van der Waals surface area contributed by atoms with Crippen LogP contribution in [0, 0.1) is 0 Å². The van der Waals surface area contributed by atoms with E-state index >= 15 is 0 Å². The van der Waals surface area contributed by atoms with Crippen LogP contribution < -0.4 is 22.1 Å². The molecular formula is C17H18N6. The Balaban J connectivity index is 1.97. The van der Waals surface area contributed by atoms with Crippen LogP contribution >= 0.6 is 0 Å². The summed E-state index contributed by atoms with van der Waals surface area (Å²) >= 11 is 0. The molecule has 1 aliphatic heterocycles. The summed E-state index contributed by atoms with van der Waals surface area (Å²) in [5.41, 5.74) is 20.3. The number of hydrogen-bond acceptors (Lipinski definition) is 6. The fraction of sp³-hybridized carbons (Fsp3) is 0.0588. The highest BCUT2D eigenvalue weighted by molar-refractivity contribution is 6.06. The van der Waals surface area contributed by atoms with Crippen LogP contribution in [0.15, 0.2) is 70.7 Å². The zero-order valence-corrected chi connectivity index (χ0v) is 12.5. The van der Waals surface area contributed by atoms with Gasteiger partial charge in [-0.3, -0.25) is 4.90 Å². The standard InChI is InChI=1S/C17H18N6/c18-13-8-4-5-9-14(13)23-15(21-16(19)22-17(23)20)11-10-12-6-2-1-3-7-12/h1-11,15H,18H2,(H4,19,20,21,22). The number of anilines is 2. The third-order valence-electron chi connectivity index (χ3n) is 3.46. The fourth-order valence-electron chi connectivity index (χ4n) is 2.39. The molecule has 1 heterocycles. The lowest BCUT2D eigenvalue weighted by molar-refractivity contribution is 0.825. The monoisotopic (exact) mass is 306 g/mol. The highest BCUT2D eigenvalue weighted by Gasteiger charge is 2.25. The van der Waals surface area contributed by atoms with E-state index in [0.717, 1.165) is 11.3 Å². The lowest BCUT2D eigenvalue weighted by atomic mass is 10.2. The van der Waals surface area contributed by atoms with Crippen LogP contribution in [-0.2, 0) is 0 Å². The van der Waals surface area contributed by atoms with Crippen molar-refractivity contribution < 1.29 is 0 Å². The van der Waals surface area contributed by atoms with E-state index in [2.05, 4.69) is 9.98 Å². The largest absolute Gasteiger partial charge is 0.397 e. The minimum atomic E-state index is -0.405. The second-order valence-corrected chi connectivity index (χ2v) is 5.07. The van der Waals surface area contributed by atoms with Crippen LogP contribution in [-0.4, -0.2) is 18.1 Å². The summed E-state index contributed by atoms with van der Waals surface area (Å²) in [4.78, 5) is 10.2. The number of nitrogen functional groups attached to an aromatic ring is 1. The summed E-state index contributed by atoms with van der Waals surface area (Å²) < 4.78 is 0. The molecule has 0 saturated carbocycles. The Morgan fingerprint density at radius 2 is 1.61 bits per heavy atom. The molecule has 2 aromatic carbocycles. The minimum Gasteiger partial charge on any atom is -0.397 e. The van der Waals surface area contributed by atoms with Gasteiger partial charge in [0.05, 0.1) is 11.4 Å². The molecule has 2 aromatic rings. The van der Waals surface area contributed by atoms with Gasteiger partial charge in [-0.1, -0.05) is 48.5 Å². The van der Waals surface area contributed by atoms with Crippen molar-refractivity contribution in [2.45, 2.75) is 6.17 Å². The number of aliphatic imine (C=N–C) groups is 2. The topological polar surface area (TPSA) is 106 Å². The first-order valence-electron chi connectivity index (χ1n) is 7.19. The summed E-state index contributed by atoms with van der Waals surface area (Å²) in [6.45, 7) is 0. The molecule has 0 amide bonds. The molecule has 6 N–H and O–H groups in total. The van der Waals surface area contributed by atoms with Crippen LogP contribution in [0.2, 0.25) is 0 Å². The van der Waals surface area contributed by atoms with Crippen LogP contribution in [0.25, 0.3) is 6.08 Å². The van der Waals surface area contributed by atoms with E-state index in [1.165, 1.54) is 0 Å². The van der Waals surface area contributed by atoms with E-state index in [1.807, 2.05) is 66.7 Å². The molecule has 1 unspecified atom stereocenters. The molecule has 0 radical (unpaired) electrons. The van der Waals surface area contributed by atoms with Crippen molar-refractivity contribution in [3.8, 4) is 0 Å². The predicted octanol–water partition coefficient (Wildman–Crippen LogP) is 1.76. The van der Waals surface area contributed by atoms with Gasteiger partial charge in [0.25, 0.3) is 0 Å². The second-order valence-electron chi connectivity index (χ2n) is 5.07. The quantitative estimate of drug-likeness (QED) is 0.751. The molecule has 0 aliphatic carbocycles. The number of rotatable bonds is 3. The van der Waals surface area contributed by atoms with Crippen LogP contribution in [0.1, 0.15) is 5.56 Å². The Hall–Kier alpha value is -3.28. The van der Waals surface area contributed by atoms with Crippen LogP contribution in [0.3, 0.4) is 0 Å². The predicted molar refractivity (Wildman–Crippen MR) is 95.8 cm³/mol. The maximum absolute atomic E-state index is 6.06. The van der Waals surface area contributed by atoms with Crippen molar-refractivity contribution in [1.82, 2.24) is 0 Å². The van der Waals surface area contributed by atoms with Gasteiger partial charge in [-0.15, -0.1) is 0 Å². The number of nitrogens with two attached hydrogens (primary N) is 3. The van der Waals surface area contributed by atoms with Crippen molar-refractivity contribution >= 4 is 29.4 Å². The van der Waals surface area contributed by atoms with Gasteiger partial charge in [-0.2, -0.15) is 4.99 Å². The Morgan fingerprint density at radius 1 is 0.913 bits per heavy atom. The summed E-state index contributed by atoms with van der Waals surface area (Å²) in [7, 11) is 0. The number of hydrogen-bond donors (Lipinski definition) is 3. The third-order valence-corrected chi connectivity index (χ3v) is 3.46. The zero-order valence-electron chi connectivity index (χ0n) is 12.5. The van der Waals surface area contributed by atoms with E-state index in [-0.39, 0.29) is 11.9 Å².